The van der Waals surface area contributed by atoms with Crippen molar-refractivity contribution in [1.29, 1.82) is 0 Å². The molecule has 0 aliphatic heterocycles. The second kappa shape index (κ2) is 3.76. The first-order chi connectivity index (χ1) is 6.79. The highest BCUT2D eigenvalue weighted by Gasteiger charge is 2.20. The lowest BCUT2D eigenvalue weighted by atomic mass is 10.2. The van der Waals surface area contributed by atoms with Crippen molar-refractivity contribution in [3.8, 4) is 0 Å². The van der Waals surface area contributed by atoms with Crippen LogP contribution in [0.4, 0.5) is 11.4 Å². The second-order valence-corrected chi connectivity index (χ2v) is 4.21. The number of carbonyl (C=O) groups is 1. The quantitative estimate of drug-likeness (QED) is 0.678. The Kier molecular flexibility index (Phi) is 2.83. The van der Waals surface area contributed by atoms with Gasteiger partial charge in [-0.05, 0) is 26.8 Å². The third-order valence-corrected chi connectivity index (χ3v) is 1.53. The number of carbonyl (C=O) groups excluding carboxylic acids is 1. The number of hydrogen-bond donors (Lipinski definition) is 2. The van der Waals surface area contributed by atoms with Crippen molar-refractivity contribution in [2.45, 2.75) is 26.4 Å². The molecule has 0 atom stereocenters. The van der Waals surface area contributed by atoms with Crippen molar-refractivity contribution in [3.63, 3.8) is 0 Å². The third-order valence-electron chi connectivity index (χ3n) is 1.53. The molecule has 5 nitrogen and oxygen atoms in total. The Hall–Kier alpha value is -1.78. The molecule has 0 bridgehead atoms. The number of aromatic nitrogens is 1. The molecule has 0 aliphatic rings. The monoisotopic (exact) mass is 209 g/mol. The van der Waals surface area contributed by atoms with E-state index >= 15 is 0 Å². The van der Waals surface area contributed by atoms with Gasteiger partial charge in [-0.15, -0.1) is 0 Å². The zero-order valence-corrected chi connectivity index (χ0v) is 9.07. The Balaban J connectivity index is 2.92. The van der Waals surface area contributed by atoms with Crippen LogP contribution in [0.3, 0.4) is 0 Å². The van der Waals surface area contributed by atoms with Crippen molar-refractivity contribution >= 4 is 17.3 Å². The first-order valence-corrected chi connectivity index (χ1v) is 4.54. The molecule has 0 spiro atoms. The summed E-state index contributed by atoms with van der Waals surface area (Å²) < 4.78 is 5.12. The van der Waals surface area contributed by atoms with Crippen molar-refractivity contribution in [3.05, 3.63) is 18.0 Å². The molecule has 4 N–H and O–H groups in total. The Morgan fingerprint density at radius 1 is 1.40 bits per heavy atom. The van der Waals surface area contributed by atoms with Gasteiger partial charge in [-0.25, -0.2) is 9.78 Å². The molecule has 15 heavy (non-hydrogen) atoms. The fraction of sp³-hybridized carbons (Fsp3) is 0.400. The van der Waals surface area contributed by atoms with E-state index in [0.29, 0.717) is 5.69 Å². The fourth-order valence-electron chi connectivity index (χ4n) is 0.996. The van der Waals surface area contributed by atoms with E-state index in [0.717, 1.165) is 0 Å². The zero-order valence-electron chi connectivity index (χ0n) is 9.07. The molecule has 5 heteroatoms. The van der Waals surface area contributed by atoms with Gasteiger partial charge in [-0.1, -0.05) is 0 Å². The summed E-state index contributed by atoms with van der Waals surface area (Å²) in [7, 11) is 0. The minimum atomic E-state index is -0.563. The fourth-order valence-corrected chi connectivity index (χ4v) is 0.996. The smallest absolute Gasteiger partial charge is 0.359 e. The van der Waals surface area contributed by atoms with Gasteiger partial charge in [0, 0.05) is 0 Å². The Morgan fingerprint density at radius 2 is 2.00 bits per heavy atom. The molecule has 1 aromatic rings. The molecule has 0 amide bonds. The Bertz CT molecular complexity index is 383. The maximum atomic E-state index is 11.6. The van der Waals surface area contributed by atoms with Crippen molar-refractivity contribution < 1.29 is 9.53 Å². The summed E-state index contributed by atoms with van der Waals surface area (Å²) >= 11 is 0. The maximum Gasteiger partial charge on any atom is 0.359 e. The number of nitrogen functional groups attached to an aromatic ring is 2. The van der Waals surface area contributed by atoms with Crippen LogP contribution in [-0.4, -0.2) is 16.6 Å². The number of anilines is 2. The van der Waals surface area contributed by atoms with Crippen LogP contribution in [0.5, 0.6) is 0 Å². The highest BCUT2D eigenvalue weighted by molar-refractivity contribution is 5.93. The molecule has 0 saturated heterocycles. The summed E-state index contributed by atoms with van der Waals surface area (Å²) in [5, 5.41) is 0. The van der Waals surface area contributed by atoms with Gasteiger partial charge in [0.1, 0.15) is 5.60 Å². The van der Waals surface area contributed by atoms with E-state index in [1.807, 2.05) is 0 Å². The Labute approximate surface area is 88.4 Å². The number of nitrogens with two attached hydrogens (primary N) is 2. The summed E-state index contributed by atoms with van der Waals surface area (Å²) in [5.74, 6) is -0.542. The lowest BCUT2D eigenvalue weighted by Crippen LogP contribution is -2.25. The number of pyridine rings is 1. The molecular weight excluding hydrogens is 194 g/mol. The van der Waals surface area contributed by atoms with Gasteiger partial charge >= 0.3 is 5.97 Å². The third kappa shape index (κ3) is 3.12. The summed E-state index contributed by atoms with van der Waals surface area (Å²) in [6.07, 6.45) is 1.37. The van der Waals surface area contributed by atoms with Gasteiger partial charge in [0.15, 0.2) is 5.69 Å². The molecule has 0 aliphatic carbocycles. The highest BCUT2D eigenvalue weighted by atomic mass is 16.6. The predicted octanol–water partition coefficient (Wildman–Crippen LogP) is 1.20. The van der Waals surface area contributed by atoms with Gasteiger partial charge in [-0.3, -0.25) is 0 Å². The number of rotatable bonds is 1. The largest absolute Gasteiger partial charge is 0.455 e. The minimum Gasteiger partial charge on any atom is -0.455 e. The van der Waals surface area contributed by atoms with Crippen LogP contribution < -0.4 is 11.5 Å². The highest BCUT2D eigenvalue weighted by Crippen LogP contribution is 2.16. The number of esters is 1. The van der Waals surface area contributed by atoms with Gasteiger partial charge in [0.05, 0.1) is 17.6 Å². The zero-order chi connectivity index (χ0) is 11.6. The van der Waals surface area contributed by atoms with Gasteiger partial charge < -0.3 is 16.2 Å². The van der Waals surface area contributed by atoms with E-state index < -0.39 is 11.6 Å². The van der Waals surface area contributed by atoms with E-state index in [1.165, 1.54) is 12.3 Å². The molecule has 1 aromatic heterocycles. The van der Waals surface area contributed by atoms with E-state index in [9.17, 15) is 4.79 Å². The van der Waals surface area contributed by atoms with Crippen LogP contribution in [0.15, 0.2) is 12.3 Å². The standard InChI is InChI=1S/C10H15N3O2/c1-10(2,3)15-9(14)8-7(12)4-6(11)5-13-8/h4-5H,11-12H2,1-3H3. The van der Waals surface area contributed by atoms with Crippen molar-refractivity contribution in [2.24, 2.45) is 0 Å². The van der Waals surface area contributed by atoms with Gasteiger partial charge in [-0.2, -0.15) is 0 Å². The molecule has 0 saturated carbocycles. The van der Waals surface area contributed by atoms with E-state index in [1.54, 1.807) is 20.8 Å². The number of ether oxygens (including phenoxy) is 1. The molecule has 0 fully saturated rings. The lowest BCUT2D eigenvalue weighted by molar-refractivity contribution is 0.00643. The minimum absolute atomic E-state index is 0.0964. The predicted molar refractivity (Wildman–Crippen MR) is 58.2 cm³/mol. The Morgan fingerprint density at radius 3 is 2.47 bits per heavy atom. The number of hydrogen-bond acceptors (Lipinski definition) is 5. The van der Waals surface area contributed by atoms with E-state index in [2.05, 4.69) is 4.98 Å². The van der Waals surface area contributed by atoms with Crippen LogP contribution in [0.1, 0.15) is 31.3 Å². The molecular formula is C10H15N3O2. The van der Waals surface area contributed by atoms with E-state index in [4.69, 9.17) is 16.2 Å². The summed E-state index contributed by atoms with van der Waals surface area (Å²) in [4.78, 5) is 15.4. The van der Waals surface area contributed by atoms with Gasteiger partial charge in [0.2, 0.25) is 0 Å². The molecule has 1 heterocycles. The molecule has 0 radical (unpaired) electrons. The van der Waals surface area contributed by atoms with Crippen LogP contribution in [0.2, 0.25) is 0 Å². The second-order valence-electron chi connectivity index (χ2n) is 4.21. The van der Waals surface area contributed by atoms with Gasteiger partial charge in [0.25, 0.3) is 0 Å². The first kappa shape index (κ1) is 11.3. The summed E-state index contributed by atoms with van der Waals surface area (Å²) in [5.41, 5.74) is 11.2. The normalized spacial score (nSPS) is 11.1. The van der Waals surface area contributed by atoms with Crippen LogP contribution >= 0.6 is 0 Å². The molecule has 0 aromatic carbocycles. The van der Waals surface area contributed by atoms with Crippen LogP contribution in [0, 0.1) is 0 Å². The van der Waals surface area contributed by atoms with Crippen molar-refractivity contribution in [1.82, 2.24) is 4.98 Å². The molecule has 1 rings (SSSR count). The molecule has 0 unspecified atom stereocenters. The maximum absolute atomic E-state index is 11.6. The summed E-state index contributed by atoms with van der Waals surface area (Å²) in [6, 6.07) is 1.48. The first-order valence-electron chi connectivity index (χ1n) is 4.54. The van der Waals surface area contributed by atoms with Crippen LogP contribution in [-0.2, 0) is 4.74 Å². The molecule has 82 valence electrons. The summed E-state index contributed by atoms with van der Waals surface area (Å²) in [6.45, 7) is 5.33. The lowest BCUT2D eigenvalue weighted by Gasteiger charge is -2.19. The van der Waals surface area contributed by atoms with E-state index in [-0.39, 0.29) is 11.4 Å². The topological polar surface area (TPSA) is 91.2 Å². The van der Waals surface area contributed by atoms with Crippen molar-refractivity contribution in [2.75, 3.05) is 11.5 Å². The van der Waals surface area contributed by atoms with Crippen LogP contribution in [0.25, 0.3) is 0 Å². The SMILES string of the molecule is CC(C)(C)OC(=O)c1ncc(N)cc1N. The number of nitrogens with zero attached hydrogens (tertiary/aromatic N) is 1. The average molecular weight is 209 g/mol. The average Bonchev–Trinajstić information content (AvgIpc) is 1.99.